The molecule has 34 heavy (non-hydrogen) atoms. The van der Waals surface area contributed by atoms with Crippen LogP contribution in [-0.2, 0) is 25.4 Å². The first-order valence-electron chi connectivity index (χ1n) is 12.9. The van der Waals surface area contributed by atoms with Crippen LogP contribution in [0, 0.1) is 11.3 Å². The Labute approximate surface area is 212 Å². The highest BCUT2D eigenvalue weighted by atomic mass is 32.1. The lowest BCUT2D eigenvalue weighted by Crippen LogP contribution is -2.56. The third-order valence-electron chi connectivity index (χ3n) is 7.01. The Morgan fingerprint density at radius 2 is 1.71 bits per heavy atom. The Morgan fingerprint density at radius 3 is 2.29 bits per heavy atom. The summed E-state index contributed by atoms with van der Waals surface area (Å²) in [5.74, 6) is 0.634. The van der Waals surface area contributed by atoms with Crippen molar-refractivity contribution in [2.45, 2.75) is 98.0 Å². The minimum absolute atomic E-state index is 0.257. The first kappa shape index (κ1) is 31.5. The zero-order chi connectivity index (χ0) is 25.7. The van der Waals surface area contributed by atoms with Gasteiger partial charge in [-0.1, -0.05) is 40.2 Å². The van der Waals surface area contributed by atoms with E-state index in [4.69, 9.17) is 24.7 Å². The van der Waals surface area contributed by atoms with Crippen molar-refractivity contribution in [3.05, 3.63) is 22.4 Å². The second-order valence-electron chi connectivity index (χ2n) is 10.6. The van der Waals surface area contributed by atoms with Gasteiger partial charge in [-0.3, -0.25) is 0 Å². The summed E-state index contributed by atoms with van der Waals surface area (Å²) < 4.78 is 23.7. The SMILES string of the molecule is CCC(C)CCOC(C)(N)C(C)(CC)COC(C)(C)CCOCC(O)COCCc1cccs1. The van der Waals surface area contributed by atoms with E-state index in [0.717, 1.165) is 32.1 Å². The fraction of sp³-hybridized carbons (Fsp3) is 0.852. The zero-order valence-electron chi connectivity index (χ0n) is 22.7. The Kier molecular flexibility index (Phi) is 14.4. The van der Waals surface area contributed by atoms with Crippen LogP contribution in [0.25, 0.3) is 0 Å². The van der Waals surface area contributed by atoms with Crippen LogP contribution in [0.1, 0.15) is 79.0 Å². The topological polar surface area (TPSA) is 83.2 Å². The predicted molar refractivity (Wildman–Crippen MR) is 141 cm³/mol. The Morgan fingerprint density at radius 1 is 1.03 bits per heavy atom. The van der Waals surface area contributed by atoms with Gasteiger partial charge in [-0.25, -0.2) is 0 Å². The lowest BCUT2D eigenvalue weighted by Gasteiger charge is -2.44. The first-order chi connectivity index (χ1) is 15.9. The monoisotopic (exact) mass is 501 g/mol. The third kappa shape index (κ3) is 11.9. The molecule has 0 spiro atoms. The van der Waals surface area contributed by atoms with Gasteiger partial charge in [0.25, 0.3) is 0 Å². The molecule has 0 fully saturated rings. The first-order valence-corrected chi connectivity index (χ1v) is 13.8. The van der Waals surface area contributed by atoms with E-state index in [2.05, 4.69) is 53.0 Å². The van der Waals surface area contributed by atoms with E-state index in [-0.39, 0.29) is 24.2 Å². The summed E-state index contributed by atoms with van der Waals surface area (Å²) in [4.78, 5) is 1.29. The van der Waals surface area contributed by atoms with Gasteiger partial charge >= 0.3 is 0 Å². The Hall–Kier alpha value is -0.540. The molecule has 1 aromatic rings. The number of hydrogen-bond acceptors (Lipinski definition) is 7. The van der Waals surface area contributed by atoms with Crippen molar-refractivity contribution in [1.82, 2.24) is 0 Å². The highest BCUT2D eigenvalue weighted by Gasteiger charge is 2.43. The van der Waals surface area contributed by atoms with Crippen LogP contribution >= 0.6 is 11.3 Å². The molecule has 0 aromatic carbocycles. The lowest BCUT2D eigenvalue weighted by atomic mass is 9.78. The molecule has 0 bridgehead atoms. The van der Waals surface area contributed by atoms with E-state index in [1.807, 2.05) is 13.0 Å². The molecule has 0 radical (unpaired) electrons. The standard InChI is InChI=1S/C27H51NO5S/c1-8-22(3)12-16-32-27(7,28)26(6,9-2)21-33-25(4,5)14-17-31-20-23(29)19-30-15-13-24-11-10-18-34-24/h10-11,18,22-23,29H,8-9,12-17,19-21,28H2,1-7H3. The van der Waals surface area contributed by atoms with Gasteiger partial charge < -0.3 is 29.8 Å². The molecule has 1 rings (SSSR count). The van der Waals surface area contributed by atoms with Gasteiger partial charge in [-0.05, 0) is 57.4 Å². The van der Waals surface area contributed by atoms with Crippen molar-refractivity contribution in [3.63, 3.8) is 0 Å². The van der Waals surface area contributed by atoms with Gasteiger partial charge in [0.15, 0.2) is 0 Å². The molecule has 1 aromatic heterocycles. The molecule has 0 aliphatic heterocycles. The van der Waals surface area contributed by atoms with Crippen molar-refractivity contribution >= 4 is 11.3 Å². The summed E-state index contributed by atoms with van der Waals surface area (Å²) in [7, 11) is 0. The molecule has 0 aliphatic carbocycles. The summed E-state index contributed by atoms with van der Waals surface area (Å²) in [6.45, 7) is 17.6. The Bertz CT molecular complexity index is 637. The van der Waals surface area contributed by atoms with Gasteiger partial charge in [-0.15, -0.1) is 11.3 Å². The Balaban J connectivity index is 2.30. The summed E-state index contributed by atoms with van der Waals surface area (Å²) in [6.07, 6.45) is 3.98. The van der Waals surface area contributed by atoms with Crippen molar-refractivity contribution in [2.24, 2.45) is 17.1 Å². The summed E-state index contributed by atoms with van der Waals surface area (Å²) in [6, 6.07) is 4.13. The molecule has 200 valence electrons. The lowest BCUT2D eigenvalue weighted by molar-refractivity contribution is -0.167. The molecular weight excluding hydrogens is 450 g/mol. The number of ether oxygens (including phenoxy) is 4. The minimum Gasteiger partial charge on any atom is -0.388 e. The van der Waals surface area contributed by atoms with E-state index in [0.29, 0.717) is 32.3 Å². The highest BCUT2D eigenvalue weighted by Crippen LogP contribution is 2.36. The van der Waals surface area contributed by atoms with Crippen LogP contribution < -0.4 is 5.73 Å². The molecule has 0 amide bonds. The summed E-state index contributed by atoms with van der Waals surface area (Å²) in [5, 5.41) is 12.1. The van der Waals surface area contributed by atoms with Crippen LogP contribution in [0.5, 0.6) is 0 Å². The fourth-order valence-electron chi connectivity index (χ4n) is 3.31. The third-order valence-corrected chi connectivity index (χ3v) is 7.95. The van der Waals surface area contributed by atoms with Gasteiger partial charge in [-0.2, -0.15) is 0 Å². The van der Waals surface area contributed by atoms with Crippen LogP contribution in [0.2, 0.25) is 0 Å². The van der Waals surface area contributed by atoms with Crippen molar-refractivity contribution in [1.29, 1.82) is 0 Å². The van der Waals surface area contributed by atoms with Crippen LogP contribution in [-0.4, -0.2) is 62.2 Å². The largest absolute Gasteiger partial charge is 0.388 e. The molecule has 4 unspecified atom stereocenters. The summed E-state index contributed by atoms with van der Waals surface area (Å²) in [5.41, 5.74) is 5.18. The van der Waals surface area contributed by atoms with E-state index < -0.39 is 11.8 Å². The normalized spacial score (nSPS) is 17.8. The average molecular weight is 502 g/mol. The number of aliphatic hydroxyl groups is 1. The van der Waals surface area contributed by atoms with Crippen LogP contribution in [0.4, 0.5) is 0 Å². The molecule has 0 aliphatic rings. The number of thiophene rings is 1. The zero-order valence-corrected chi connectivity index (χ0v) is 23.5. The second-order valence-corrected chi connectivity index (χ2v) is 11.6. The van der Waals surface area contributed by atoms with Crippen molar-refractivity contribution < 1.29 is 24.1 Å². The fourth-order valence-corrected chi connectivity index (χ4v) is 4.00. The number of nitrogens with two attached hydrogens (primary N) is 1. The molecule has 3 N–H and O–H groups in total. The summed E-state index contributed by atoms with van der Waals surface area (Å²) >= 11 is 1.72. The van der Waals surface area contributed by atoms with Gasteiger partial charge in [0.1, 0.15) is 11.8 Å². The van der Waals surface area contributed by atoms with Gasteiger partial charge in [0.2, 0.25) is 0 Å². The predicted octanol–water partition coefficient (Wildman–Crippen LogP) is 5.41. The molecule has 6 nitrogen and oxygen atoms in total. The quantitative estimate of drug-likeness (QED) is 0.183. The average Bonchev–Trinajstić information content (AvgIpc) is 3.31. The molecule has 0 saturated heterocycles. The number of hydrogen-bond donors (Lipinski definition) is 2. The maximum Gasteiger partial charge on any atom is 0.121 e. The number of rotatable bonds is 20. The van der Waals surface area contributed by atoms with Crippen molar-refractivity contribution in [3.8, 4) is 0 Å². The molecule has 7 heteroatoms. The smallest absolute Gasteiger partial charge is 0.121 e. The van der Waals surface area contributed by atoms with E-state index in [1.54, 1.807) is 11.3 Å². The van der Waals surface area contributed by atoms with E-state index in [9.17, 15) is 5.11 Å². The maximum atomic E-state index is 10.1. The highest BCUT2D eigenvalue weighted by molar-refractivity contribution is 7.09. The molecule has 4 atom stereocenters. The van der Waals surface area contributed by atoms with Crippen LogP contribution in [0.15, 0.2) is 17.5 Å². The van der Waals surface area contributed by atoms with E-state index in [1.165, 1.54) is 4.88 Å². The maximum absolute atomic E-state index is 10.1. The van der Waals surface area contributed by atoms with E-state index >= 15 is 0 Å². The van der Waals surface area contributed by atoms with Gasteiger partial charge in [0, 0.05) is 29.9 Å². The molecular formula is C27H51NO5S. The van der Waals surface area contributed by atoms with Crippen molar-refractivity contribution in [2.75, 3.05) is 39.6 Å². The van der Waals surface area contributed by atoms with Gasteiger partial charge in [0.05, 0.1) is 32.0 Å². The second kappa shape index (κ2) is 15.5. The molecule has 1 heterocycles. The van der Waals surface area contributed by atoms with Crippen LogP contribution in [0.3, 0.4) is 0 Å². The minimum atomic E-state index is -0.768. The number of aliphatic hydroxyl groups excluding tert-OH is 1. The molecule has 0 saturated carbocycles.